The first-order chi connectivity index (χ1) is 7.81. The second-order valence-corrected chi connectivity index (χ2v) is 3.98. The molecule has 0 spiro atoms. The van der Waals surface area contributed by atoms with Crippen LogP contribution in [0.15, 0.2) is 35.7 Å². The van der Waals surface area contributed by atoms with E-state index in [2.05, 4.69) is 10.4 Å². The molecule has 4 heteroatoms. The Morgan fingerprint density at radius 1 is 1.38 bits per heavy atom. The van der Waals surface area contributed by atoms with Crippen LogP contribution in [0.25, 0.3) is 10.7 Å². The number of ether oxygens (including phenoxy) is 1. The van der Waals surface area contributed by atoms with Crippen molar-refractivity contribution < 1.29 is 9.53 Å². The van der Waals surface area contributed by atoms with Gasteiger partial charge in [-0.15, -0.1) is 11.3 Å². The standard InChI is InChI=1S/C9H10O2.C3HNS/c1-2-11-9(10)8-6-4-3-5-7-8;1-2-3(4-2)5-1/h3-7H,2H2,1H3;1H. The third-order valence-corrected chi connectivity index (χ3v) is 2.82. The van der Waals surface area contributed by atoms with Crippen molar-refractivity contribution in [1.29, 1.82) is 0 Å². The minimum absolute atomic E-state index is 0.256. The molecular weight excluding hydrogens is 222 g/mol. The summed E-state index contributed by atoms with van der Waals surface area (Å²) in [6.45, 7) is 2.22. The minimum Gasteiger partial charge on any atom is -0.462 e. The van der Waals surface area contributed by atoms with Gasteiger partial charge in [0.15, 0.2) is 0 Å². The third kappa shape index (κ3) is 2.67. The number of hydrogen-bond acceptors (Lipinski definition) is 4. The van der Waals surface area contributed by atoms with Crippen LogP contribution < -0.4 is 0 Å². The summed E-state index contributed by atoms with van der Waals surface area (Å²) in [4.78, 5) is 14.9. The Hall–Kier alpha value is -1.68. The summed E-state index contributed by atoms with van der Waals surface area (Å²) in [5, 5.41) is 3.31. The zero-order valence-corrected chi connectivity index (χ0v) is 9.66. The maximum absolute atomic E-state index is 11.0. The molecule has 0 radical (unpaired) electrons. The molecule has 0 saturated heterocycles. The van der Waals surface area contributed by atoms with Gasteiger partial charge in [0.25, 0.3) is 0 Å². The van der Waals surface area contributed by atoms with Gasteiger partial charge in [-0.3, -0.25) is 0 Å². The zero-order valence-electron chi connectivity index (χ0n) is 8.84. The molecule has 3 nitrogen and oxygen atoms in total. The molecule has 0 fully saturated rings. The van der Waals surface area contributed by atoms with Crippen molar-refractivity contribution in [3.63, 3.8) is 0 Å². The maximum Gasteiger partial charge on any atom is 0.338 e. The van der Waals surface area contributed by atoms with Crippen LogP contribution in [0.5, 0.6) is 0 Å². The molecule has 0 unspecified atom stereocenters. The van der Waals surface area contributed by atoms with E-state index >= 15 is 0 Å². The smallest absolute Gasteiger partial charge is 0.338 e. The van der Waals surface area contributed by atoms with Crippen molar-refractivity contribution in [2.24, 2.45) is 0 Å². The van der Waals surface area contributed by atoms with Gasteiger partial charge in [0.05, 0.1) is 12.2 Å². The molecule has 0 aromatic heterocycles. The fourth-order valence-corrected chi connectivity index (χ4v) is 1.62. The molecule has 0 amide bonds. The largest absolute Gasteiger partial charge is 0.462 e. The molecule has 2 aliphatic heterocycles. The number of esters is 1. The van der Waals surface area contributed by atoms with Crippen molar-refractivity contribution in [1.82, 2.24) is 4.98 Å². The maximum atomic E-state index is 11.0. The van der Waals surface area contributed by atoms with Gasteiger partial charge < -0.3 is 4.74 Å². The van der Waals surface area contributed by atoms with Crippen LogP contribution in [0.3, 0.4) is 0 Å². The third-order valence-electron chi connectivity index (χ3n) is 1.96. The number of rotatable bonds is 2. The number of aromatic nitrogens is 1. The fraction of sp³-hybridized carbons (Fsp3) is 0.167. The van der Waals surface area contributed by atoms with Crippen LogP contribution in [-0.4, -0.2) is 17.6 Å². The van der Waals surface area contributed by atoms with E-state index in [-0.39, 0.29) is 5.97 Å². The number of benzene rings is 1. The molecule has 16 heavy (non-hydrogen) atoms. The number of fused-ring (bicyclic) bond motifs is 1. The van der Waals surface area contributed by atoms with Gasteiger partial charge in [0, 0.05) is 5.38 Å². The van der Waals surface area contributed by atoms with Crippen LogP contribution in [0.1, 0.15) is 17.3 Å². The van der Waals surface area contributed by atoms with Gasteiger partial charge >= 0.3 is 5.97 Å². The first-order valence-electron chi connectivity index (χ1n) is 4.99. The second-order valence-electron chi connectivity index (χ2n) is 3.12. The first kappa shape index (κ1) is 10.8. The predicted molar refractivity (Wildman–Crippen MR) is 63.5 cm³/mol. The Bertz CT molecular complexity index is 455. The van der Waals surface area contributed by atoms with E-state index in [0.717, 1.165) is 0 Å². The molecule has 1 aromatic carbocycles. The Kier molecular flexibility index (Phi) is 3.31. The molecule has 1 aromatic rings. The summed E-state index contributed by atoms with van der Waals surface area (Å²) >= 11 is 1.72. The van der Waals surface area contributed by atoms with E-state index in [1.54, 1.807) is 30.4 Å². The molecular formula is C12H11NO2S. The highest BCUT2D eigenvalue weighted by Crippen LogP contribution is 2.36. The van der Waals surface area contributed by atoms with Gasteiger partial charge in [0.2, 0.25) is 0 Å². The van der Waals surface area contributed by atoms with Crippen LogP contribution in [0.2, 0.25) is 0 Å². The molecule has 0 N–H and O–H groups in total. The highest BCUT2D eigenvalue weighted by Gasteiger charge is 2.16. The Morgan fingerprint density at radius 3 is 2.44 bits per heavy atom. The van der Waals surface area contributed by atoms with E-state index in [0.29, 0.717) is 12.2 Å². The average molecular weight is 233 g/mol. The Morgan fingerprint density at radius 2 is 2.06 bits per heavy atom. The summed E-state index contributed by atoms with van der Waals surface area (Å²) in [5.74, 6) is -0.256. The highest BCUT2D eigenvalue weighted by molar-refractivity contribution is 7.17. The van der Waals surface area contributed by atoms with Crippen LogP contribution in [0.4, 0.5) is 0 Å². The van der Waals surface area contributed by atoms with Crippen LogP contribution >= 0.6 is 11.3 Å². The topological polar surface area (TPSA) is 39.2 Å². The highest BCUT2D eigenvalue weighted by atomic mass is 32.1. The summed E-state index contributed by atoms with van der Waals surface area (Å²) in [6.07, 6.45) is 0. The summed E-state index contributed by atoms with van der Waals surface area (Å²) < 4.78 is 4.79. The van der Waals surface area contributed by atoms with E-state index < -0.39 is 0 Å². The lowest BCUT2D eigenvalue weighted by Crippen LogP contribution is -2.03. The zero-order chi connectivity index (χ0) is 11.4. The van der Waals surface area contributed by atoms with Crippen LogP contribution in [-0.2, 0) is 4.74 Å². The lowest BCUT2D eigenvalue weighted by Gasteiger charge is -1.99. The molecule has 0 aliphatic carbocycles. The number of carbonyl (C=O) groups excluding carboxylic acids is 1. The Labute approximate surface area is 97.7 Å². The second kappa shape index (κ2) is 4.90. The van der Waals surface area contributed by atoms with Gasteiger partial charge in [-0.25, -0.2) is 9.78 Å². The monoisotopic (exact) mass is 233 g/mol. The quantitative estimate of drug-likeness (QED) is 0.639. The van der Waals surface area contributed by atoms with Gasteiger partial charge in [-0.2, -0.15) is 0 Å². The predicted octanol–water partition coefficient (Wildman–Crippen LogP) is 2.99. The number of carbonyl (C=O) groups is 1. The summed E-state index contributed by atoms with van der Waals surface area (Å²) in [5.41, 5.74) is 1.84. The molecule has 3 rings (SSSR count). The van der Waals surface area contributed by atoms with E-state index in [9.17, 15) is 4.79 Å². The van der Waals surface area contributed by atoms with Crippen molar-refractivity contribution in [2.75, 3.05) is 6.61 Å². The van der Waals surface area contributed by atoms with Crippen molar-refractivity contribution >= 4 is 17.3 Å². The number of thiazole rings is 1. The van der Waals surface area contributed by atoms with E-state index in [1.807, 2.05) is 18.2 Å². The van der Waals surface area contributed by atoms with Crippen molar-refractivity contribution in [3.05, 3.63) is 41.3 Å². The average Bonchev–Trinajstić information content (AvgIpc) is 2.88. The molecule has 2 heterocycles. The Balaban J connectivity index is 0.000000156. The van der Waals surface area contributed by atoms with Gasteiger partial charge in [-0.1, -0.05) is 18.2 Å². The van der Waals surface area contributed by atoms with Crippen molar-refractivity contribution in [2.45, 2.75) is 6.92 Å². The summed E-state index contributed by atoms with van der Waals surface area (Å²) in [7, 11) is 0. The lowest BCUT2D eigenvalue weighted by molar-refractivity contribution is 0.0526. The summed E-state index contributed by atoms with van der Waals surface area (Å²) in [6, 6.07) is 8.96. The normalized spacial score (nSPS) is 10.1. The van der Waals surface area contributed by atoms with Gasteiger partial charge in [-0.05, 0) is 19.1 Å². The lowest BCUT2D eigenvalue weighted by atomic mass is 10.2. The van der Waals surface area contributed by atoms with Crippen molar-refractivity contribution in [3.8, 4) is 10.7 Å². The minimum atomic E-state index is -0.256. The number of hydrogen-bond donors (Lipinski definition) is 0. The molecule has 2 aliphatic rings. The fourth-order valence-electron chi connectivity index (χ4n) is 1.09. The molecule has 0 bridgehead atoms. The molecule has 0 atom stereocenters. The molecule has 0 saturated carbocycles. The van der Waals surface area contributed by atoms with Crippen LogP contribution in [0, 0.1) is 0 Å². The van der Waals surface area contributed by atoms with E-state index in [4.69, 9.17) is 4.74 Å². The van der Waals surface area contributed by atoms with E-state index in [1.165, 1.54) is 10.7 Å². The number of nitrogens with zero attached hydrogens (tertiary/aromatic N) is 1. The first-order valence-corrected chi connectivity index (χ1v) is 5.87. The SMILES string of the molecule is CCOC(=O)c1ccccc1.c1sc2nc1-2. The van der Waals surface area contributed by atoms with Gasteiger partial charge in [0.1, 0.15) is 10.7 Å². The molecule has 82 valence electrons.